The minimum Gasteiger partial charge on any atom is -0.373 e. The van der Waals surface area contributed by atoms with Gasteiger partial charge in [0.1, 0.15) is 0 Å². The quantitative estimate of drug-likeness (QED) is 0.530. The molecule has 2 N–H and O–H groups in total. The fraction of sp³-hybridized carbons (Fsp3) is 0.545. The van der Waals surface area contributed by atoms with E-state index in [1.807, 2.05) is 6.92 Å². The van der Waals surface area contributed by atoms with E-state index in [9.17, 15) is 13.2 Å². The number of nitrogens with zero attached hydrogens (tertiary/aromatic N) is 3. The van der Waals surface area contributed by atoms with E-state index in [4.69, 9.17) is 4.74 Å². The normalized spacial score (nSPS) is 20.0. The average Bonchev–Trinajstić information content (AvgIpc) is 3.12. The Morgan fingerprint density at radius 1 is 1.26 bits per heavy atom. The molecule has 0 saturated carbocycles. The maximum Gasteiger partial charge on any atom is 0.435 e. The maximum atomic E-state index is 13.2. The molecular weight excluding hydrogens is 407 g/mol. The monoisotopic (exact) mass is 437 g/mol. The smallest absolute Gasteiger partial charge is 0.373 e. The molecule has 0 radical (unpaired) electrons. The highest BCUT2D eigenvalue weighted by Gasteiger charge is 2.36. The number of aromatic nitrogens is 2. The van der Waals surface area contributed by atoms with Crippen LogP contribution in [0.15, 0.2) is 35.5 Å². The lowest BCUT2D eigenvalue weighted by Gasteiger charge is -2.32. The Morgan fingerprint density at radius 3 is 2.68 bits per heavy atom. The van der Waals surface area contributed by atoms with E-state index >= 15 is 0 Å². The van der Waals surface area contributed by atoms with Crippen molar-refractivity contribution in [2.24, 2.45) is 18.0 Å². The molecule has 1 fully saturated rings. The molecule has 1 aromatic heterocycles. The van der Waals surface area contributed by atoms with Crippen LogP contribution in [0.3, 0.4) is 0 Å². The van der Waals surface area contributed by atoms with Crippen LogP contribution >= 0.6 is 0 Å². The molecule has 6 nitrogen and oxygen atoms in total. The fourth-order valence-corrected chi connectivity index (χ4v) is 3.80. The predicted octanol–water partition coefficient (Wildman–Crippen LogP) is 3.97. The first-order valence-corrected chi connectivity index (χ1v) is 10.6. The molecule has 2 atom stereocenters. The third-order valence-corrected chi connectivity index (χ3v) is 5.31. The summed E-state index contributed by atoms with van der Waals surface area (Å²) in [6, 6.07) is 8.35. The molecule has 0 bridgehead atoms. The van der Waals surface area contributed by atoms with Crippen LogP contribution < -0.4 is 10.6 Å². The highest BCUT2D eigenvalue weighted by atomic mass is 19.4. The van der Waals surface area contributed by atoms with Gasteiger partial charge < -0.3 is 15.4 Å². The number of hydrogen-bond donors (Lipinski definition) is 2. The fourth-order valence-electron chi connectivity index (χ4n) is 3.80. The van der Waals surface area contributed by atoms with E-state index in [1.165, 1.54) is 23.5 Å². The molecule has 1 saturated heterocycles. The minimum atomic E-state index is -4.50. The Morgan fingerprint density at radius 2 is 2.00 bits per heavy atom. The summed E-state index contributed by atoms with van der Waals surface area (Å²) in [7, 11) is 1.47. The maximum absolute atomic E-state index is 13.2. The van der Waals surface area contributed by atoms with E-state index < -0.39 is 11.9 Å². The number of alkyl halides is 3. The molecular formula is C22H30F3N5O. The van der Waals surface area contributed by atoms with Gasteiger partial charge >= 0.3 is 6.18 Å². The van der Waals surface area contributed by atoms with E-state index in [0.717, 1.165) is 25.0 Å². The summed E-state index contributed by atoms with van der Waals surface area (Å²) in [5.41, 5.74) is 1.49. The molecule has 1 aliphatic rings. The first-order chi connectivity index (χ1) is 14.8. The molecule has 2 heterocycles. The van der Waals surface area contributed by atoms with Crippen molar-refractivity contribution in [3.8, 4) is 0 Å². The van der Waals surface area contributed by atoms with Crippen LogP contribution in [0.1, 0.15) is 48.3 Å². The van der Waals surface area contributed by atoms with Crippen LogP contribution in [0.2, 0.25) is 0 Å². The number of halogens is 3. The van der Waals surface area contributed by atoms with Crippen molar-refractivity contribution in [1.29, 1.82) is 0 Å². The molecule has 3 rings (SSSR count). The number of guanidine groups is 1. The van der Waals surface area contributed by atoms with E-state index in [1.54, 1.807) is 0 Å². The molecule has 2 aromatic rings. The zero-order valence-electron chi connectivity index (χ0n) is 18.2. The van der Waals surface area contributed by atoms with Crippen molar-refractivity contribution < 1.29 is 17.9 Å². The number of rotatable bonds is 6. The van der Waals surface area contributed by atoms with Crippen molar-refractivity contribution in [3.05, 3.63) is 52.8 Å². The Bertz CT molecular complexity index is 876. The molecule has 0 amide bonds. The number of hydrogen-bond acceptors (Lipinski definition) is 3. The lowest BCUT2D eigenvalue weighted by atomic mass is 9.89. The molecule has 0 spiro atoms. The summed E-state index contributed by atoms with van der Waals surface area (Å²) in [6.45, 7) is 5.81. The van der Waals surface area contributed by atoms with Crippen molar-refractivity contribution in [2.75, 3.05) is 19.7 Å². The number of benzene rings is 1. The van der Waals surface area contributed by atoms with Gasteiger partial charge in [-0.1, -0.05) is 29.8 Å². The summed E-state index contributed by atoms with van der Waals surface area (Å²) in [4.78, 5) is 4.37. The Labute approximate surface area is 180 Å². The van der Waals surface area contributed by atoms with Crippen LogP contribution in [0.4, 0.5) is 13.2 Å². The second kappa shape index (κ2) is 10.2. The van der Waals surface area contributed by atoms with Gasteiger partial charge in [-0.15, -0.1) is 0 Å². The molecule has 2 unspecified atom stereocenters. The molecule has 0 aliphatic carbocycles. The molecule has 1 aromatic carbocycles. The number of aryl methyl sites for hydroxylation is 2. The van der Waals surface area contributed by atoms with Gasteiger partial charge in [0, 0.05) is 44.4 Å². The zero-order valence-corrected chi connectivity index (χ0v) is 18.2. The third kappa shape index (κ3) is 6.22. The highest BCUT2D eigenvalue weighted by Crippen LogP contribution is 2.33. The molecule has 9 heteroatoms. The van der Waals surface area contributed by atoms with Crippen molar-refractivity contribution in [3.63, 3.8) is 0 Å². The summed E-state index contributed by atoms with van der Waals surface area (Å²) in [6.07, 6.45) is -1.17. The van der Waals surface area contributed by atoms with Gasteiger partial charge in [-0.05, 0) is 32.3 Å². The second-order valence-electron chi connectivity index (χ2n) is 7.85. The van der Waals surface area contributed by atoms with E-state index in [0.29, 0.717) is 19.0 Å². The Hall–Kier alpha value is -2.55. The standard InChI is InChI=1S/C22H30F3N5O/c1-4-26-21(28-13-18-14-30(3)29-20(18)22(23,24)25)27-12-17-6-5-11-31-19(17)16-9-7-15(2)8-10-16/h7-10,14,17,19H,4-6,11-13H2,1-3H3,(H2,26,27,28). The lowest BCUT2D eigenvalue weighted by Crippen LogP contribution is -2.42. The Balaban J connectivity index is 1.69. The summed E-state index contributed by atoms with van der Waals surface area (Å²) < 4.78 is 46.8. The summed E-state index contributed by atoms with van der Waals surface area (Å²) in [5.74, 6) is 0.720. The highest BCUT2D eigenvalue weighted by molar-refractivity contribution is 5.79. The van der Waals surface area contributed by atoms with Gasteiger partial charge in [-0.2, -0.15) is 18.3 Å². The zero-order chi connectivity index (χ0) is 22.4. The second-order valence-corrected chi connectivity index (χ2v) is 7.85. The summed E-state index contributed by atoms with van der Waals surface area (Å²) >= 11 is 0. The van der Waals surface area contributed by atoms with Crippen molar-refractivity contribution in [2.45, 2.75) is 45.5 Å². The van der Waals surface area contributed by atoms with Crippen LogP contribution in [0.25, 0.3) is 0 Å². The van der Waals surface area contributed by atoms with Crippen molar-refractivity contribution in [1.82, 2.24) is 20.4 Å². The summed E-state index contributed by atoms with van der Waals surface area (Å²) in [5, 5.41) is 9.94. The van der Waals surface area contributed by atoms with E-state index in [-0.39, 0.29) is 24.1 Å². The molecule has 170 valence electrons. The minimum absolute atomic E-state index is 0.0140. The van der Waals surface area contributed by atoms with Gasteiger partial charge in [-0.25, -0.2) is 4.99 Å². The van der Waals surface area contributed by atoms with Crippen molar-refractivity contribution >= 4 is 5.96 Å². The lowest BCUT2D eigenvalue weighted by molar-refractivity contribution is -0.142. The number of aliphatic imine (C=N–C) groups is 1. The van der Waals surface area contributed by atoms with Gasteiger partial charge in [0.2, 0.25) is 0 Å². The third-order valence-electron chi connectivity index (χ3n) is 5.31. The van der Waals surface area contributed by atoms with Gasteiger partial charge in [0.25, 0.3) is 0 Å². The number of nitrogens with one attached hydrogen (secondary N) is 2. The van der Waals surface area contributed by atoms with Crippen LogP contribution in [-0.2, 0) is 24.5 Å². The van der Waals surface area contributed by atoms with Crippen LogP contribution in [-0.4, -0.2) is 35.4 Å². The first-order valence-electron chi connectivity index (χ1n) is 10.6. The topological polar surface area (TPSA) is 63.5 Å². The predicted molar refractivity (Wildman–Crippen MR) is 114 cm³/mol. The first kappa shape index (κ1) is 23.1. The van der Waals surface area contributed by atoms with E-state index in [2.05, 4.69) is 51.9 Å². The number of ether oxygens (including phenoxy) is 1. The van der Waals surface area contributed by atoms with Crippen LogP contribution in [0, 0.1) is 12.8 Å². The Kier molecular flexibility index (Phi) is 7.59. The average molecular weight is 438 g/mol. The van der Waals surface area contributed by atoms with Crippen LogP contribution in [0.5, 0.6) is 0 Å². The van der Waals surface area contributed by atoms with Gasteiger partial charge in [0.05, 0.1) is 12.6 Å². The van der Waals surface area contributed by atoms with Gasteiger partial charge in [0.15, 0.2) is 11.7 Å². The molecule has 1 aliphatic heterocycles. The SMILES string of the molecule is CCNC(=NCc1cn(C)nc1C(F)(F)F)NCC1CCCOC1c1ccc(C)cc1. The van der Waals surface area contributed by atoms with Gasteiger partial charge in [-0.3, -0.25) is 4.68 Å². The largest absolute Gasteiger partial charge is 0.435 e. The molecule has 31 heavy (non-hydrogen) atoms.